The van der Waals surface area contributed by atoms with Gasteiger partial charge in [0, 0.05) is 42.4 Å². The Labute approximate surface area is 258 Å². The van der Waals surface area contributed by atoms with Crippen molar-refractivity contribution in [2.45, 2.75) is 0 Å². The van der Waals surface area contributed by atoms with Gasteiger partial charge in [0.05, 0.1) is 27.8 Å². The molecule has 44 heavy (non-hydrogen) atoms. The van der Waals surface area contributed by atoms with Gasteiger partial charge < -0.3 is 9.13 Å². The lowest BCUT2D eigenvalue weighted by molar-refractivity contribution is 1.17. The second-order valence-corrected chi connectivity index (χ2v) is 13.1. The number of hydrogen-bond donors (Lipinski definition) is 0. The molecule has 0 fully saturated rings. The van der Waals surface area contributed by atoms with E-state index in [0.29, 0.717) is 0 Å². The molecule has 0 amide bonds. The third kappa shape index (κ3) is 2.69. The molecule has 2 aliphatic rings. The Morgan fingerprint density at radius 2 is 1.07 bits per heavy atom. The largest absolute Gasteiger partial charge is 0.310 e. The van der Waals surface area contributed by atoms with Gasteiger partial charge in [-0.1, -0.05) is 115 Å². The average molecular weight is 575 g/mol. The van der Waals surface area contributed by atoms with E-state index in [1.165, 1.54) is 92.3 Å². The van der Waals surface area contributed by atoms with Crippen molar-refractivity contribution in [2.75, 3.05) is 0 Å². The monoisotopic (exact) mass is 574 g/mol. The van der Waals surface area contributed by atoms with E-state index < -0.39 is 0 Å². The van der Waals surface area contributed by atoms with Crippen molar-refractivity contribution in [1.82, 2.24) is 9.13 Å². The Morgan fingerprint density at radius 1 is 0.500 bits per heavy atom. The zero-order valence-corrected chi connectivity index (χ0v) is 24.5. The van der Waals surface area contributed by atoms with Crippen LogP contribution in [0.2, 0.25) is 0 Å². The van der Waals surface area contributed by atoms with Crippen molar-refractivity contribution >= 4 is 77.4 Å². The van der Waals surface area contributed by atoms with Gasteiger partial charge in [-0.2, -0.15) is 0 Å². The quantitative estimate of drug-likeness (QED) is 0.184. The van der Waals surface area contributed by atoms with Crippen LogP contribution >= 0.6 is 11.3 Å². The SMILES string of the molecule is c1ccc(-c2sc3c(c2-c2ccccc2)-n2c4ccccc4c4cc5c6ccccc6n6c5c(c42)B3c2ccccc2-6)cc1. The second kappa shape index (κ2) is 8.19. The van der Waals surface area contributed by atoms with Crippen molar-refractivity contribution in [3.8, 4) is 32.9 Å². The molecule has 9 aromatic rings. The van der Waals surface area contributed by atoms with Crippen LogP contribution < -0.4 is 15.7 Å². The minimum Gasteiger partial charge on any atom is -0.310 e. The van der Waals surface area contributed by atoms with E-state index in [-0.39, 0.29) is 6.71 Å². The molecular weight excluding hydrogens is 551 g/mol. The number of aromatic nitrogens is 2. The molecule has 0 radical (unpaired) electrons. The van der Waals surface area contributed by atoms with Gasteiger partial charge in [0.25, 0.3) is 6.71 Å². The summed E-state index contributed by atoms with van der Waals surface area (Å²) in [6, 6.07) is 51.6. The molecule has 0 saturated heterocycles. The molecule has 0 unspecified atom stereocenters. The van der Waals surface area contributed by atoms with Crippen LogP contribution in [0, 0.1) is 0 Å². The Morgan fingerprint density at radius 3 is 1.80 bits per heavy atom. The molecule has 2 nitrogen and oxygen atoms in total. The Hall–Kier alpha value is -5.32. The van der Waals surface area contributed by atoms with E-state index in [4.69, 9.17) is 0 Å². The van der Waals surface area contributed by atoms with Gasteiger partial charge in [0.15, 0.2) is 0 Å². The molecule has 0 bridgehead atoms. The summed E-state index contributed by atoms with van der Waals surface area (Å²) in [7, 11) is 0. The summed E-state index contributed by atoms with van der Waals surface area (Å²) in [5.41, 5.74) is 14.6. The normalized spacial score (nSPS) is 13.0. The van der Waals surface area contributed by atoms with Crippen LogP contribution in [0.25, 0.3) is 76.6 Å². The molecule has 6 aromatic carbocycles. The fourth-order valence-corrected chi connectivity index (χ4v) is 9.69. The standard InChI is InChI=1S/C40H23BN2S/c1-3-13-24(14-4-1)34-38-40(44-39(34)25-15-5-2-6-16-25)41-30-19-9-12-22-33(30)42-31-20-10-7-17-26(31)28-23-29-27-18-8-11-21-32(27)43(38)37(29)35(41)36(28)42/h1-23H. The van der Waals surface area contributed by atoms with Gasteiger partial charge in [-0.25, -0.2) is 0 Å². The summed E-state index contributed by atoms with van der Waals surface area (Å²) < 4.78 is 6.59. The van der Waals surface area contributed by atoms with E-state index in [1.807, 2.05) is 11.3 Å². The summed E-state index contributed by atoms with van der Waals surface area (Å²) in [5.74, 6) is 0. The Bertz CT molecular complexity index is 2660. The molecule has 0 atom stereocenters. The number of thiophene rings is 1. The Balaban J connectivity index is 1.44. The fourth-order valence-electron chi connectivity index (χ4n) is 8.25. The minimum absolute atomic E-state index is 0.144. The molecule has 5 heterocycles. The van der Waals surface area contributed by atoms with Gasteiger partial charge in [-0.3, -0.25) is 0 Å². The molecule has 3 aromatic heterocycles. The van der Waals surface area contributed by atoms with Crippen molar-refractivity contribution in [2.24, 2.45) is 0 Å². The predicted octanol–water partition coefficient (Wildman–Crippen LogP) is 8.42. The van der Waals surface area contributed by atoms with Gasteiger partial charge in [0.2, 0.25) is 0 Å². The second-order valence-electron chi connectivity index (χ2n) is 12.0. The van der Waals surface area contributed by atoms with E-state index in [9.17, 15) is 0 Å². The highest BCUT2D eigenvalue weighted by molar-refractivity contribution is 7.31. The van der Waals surface area contributed by atoms with Crippen LogP contribution in [0.3, 0.4) is 0 Å². The average Bonchev–Trinajstić information content (AvgIpc) is 3.75. The van der Waals surface area contributed by atoms with E-state index in [1.54, 1.807) is 0 Å². The molecule has 202 valence electrons. The van der Waals surface area contributed by atoms with Crippen LogP contribution in [0.5, 0.6) is 0 Å². The first-order valence-corrected chi connectivity index (χ1v) is 16.1. The van der Waals surface area contributed by atoms with Crippen LogP contribution in [-0.2, 0) is 0 Å². The summed E-state index contributed by atoms with van der Waals surface area (Å²) in [6.07, 6.45) is 0. The number of hydrogen-bond acceptors (Lipinski definition) is 1. The Kier molecular flexibility index (Phi) is 4.32. The predicted molar refractivity (Wildman–Crippen MR) is 189 cm³/mol. The molecular formula is C40H23BN2S. The maximum atomic E-state index is 2.62. The van der Waals surface area contributed by atoms with Crippen molar-refractivity contribution < 1.29 is 0 Å². The number of fused-ring (bicyclic) bond motifs is 12. The van der Waals surface area contributed by atoms with Crippen LogP contribution in [0.15, 0.2) is 140 Å². The number of benzene rings is 6. The van der Waals surface area contributed by atoms with Crippen LogP contribution in [-0.4, -0.2) is 15.8 Å². The van der Waals surface area contributed by atoms with E-state index in [0.717, 1.165) is 0 Å². The van der Waals surface area contributed by atoms with Gasteiger partial charge in [0.1, 0.15) is 0 Å². The number of para-hydroxylation sites is 3. The third-order valence-electron chi connectivity index (χ3n) is 9.90. The lowest BCUT2D eigenvalue weighted by atomic mass is 9.37. The first-order valence-electron chi connectivity index (χ1n) is 15.2. The molecule has 0 aliphatic carbocycles. The maximum Gasteiger partial charge on any atom is 0.264 e. The highest BCUT2D eigenvalue weighted by Gasteiger charge is 2.43. The van der Waals surface area contributed by atoms with Gasteiger partial charge in [-0.15, -0.1) is 11.3 Å². The maximum absolute atomic E-state index is 2.62. The summed E-state index contributed by atoms with van der Waals surface area (Å²) in [6.45, 7) is 0.144. The van der Waals surface area contributed by atoms with Crippen LogP contribution in [0.4, 0.5) is 0 Å². The van der Waals surface area contributed by atoms with E-state index >= 15 is 0 Å². The molecule has 0 N–H and O–H groups in total. The lowest BCUT2D eigenvalue weighted by Crippen LogP contribution is -2.58. The third-order valence-corrected chi connectivity index (χ3v) is 11.2. The molecule has 2 aliphatic heterocycles. The van der Waals surface area contributed by atoms with E-state index in [2.05, 4.69) is 149 Å². The summed E-state index contributed by atoms with van der Waals surface area (Å²) in [5, 5.41) is 5.32. The smallest absolute Gasteiger partial charge is 0.264 e. The fraction of sp³-hybridized carbons (Fsp3) is 0. The summed E-state index contributed by atoms with van der Waals surface area (Å²) in [4.78, 5) is 1.33. The first-order chi connectivity index (χ1) is 21.9. The molecule has 0 saturated carbocycles. The highest BCUT2D eigenvalue weighted by atomic mass is 32.1. The zero-order chi connectivity index (χ0) is 28.5. The minimum atomic E-state index is 0.144. The van der Waals surface area contributed by atoms with Gasteiger partial charge >= 0.3 is 0 Å². The van der Waals surface area contributed by atoms with Crippen molar-refractivity contribution in [3.63, 3.8) is 0 Å². The van der Waals surface area contributed by atoms with Crippen molar-refractivity contribution in [1.29, 1.82) is 0 Å². The molecule has 11 rings (SSSR count). The van der Waals surface area contributed by atoms with Gasteiger partial charge in [-0.05, 0) is 46.3 Å². The number of nitrogens with zero attached hydrogens (tertiary/aromatic N) is 2. The van der Waals surface area contributed by atoms with Crippen LogP contribution in [0.1, 0.15) is 0 Å². The topological polar surface area (TPSA) is 9.86 Å². The zero-order valence-electron chi connectivity index (χ0n) is 23.7. The van der Waals surface area contributed by atoms with Crippen molar-refractivity contribution in [3.05, 3.63) is 140 Å². The number of rotatable bonds is 2. The highest BCUT2D eigenvalue weighted by Crippen LogP contribution is 2.47. The lowest BCUT2D eigenvalue weighted by Gasteiger charge is -2.31. The summed E-state index contributed by atoms with van der Waals surface area (Å²) >= 11 is 1.98. The first kappa shape index (κ1) is 23.2. The molecule has 0 spiro atoms. The molecule has 4 heteroatoms.